The van der Waals surface area contributed by atoms with E-state index < -0.39 is 23.5 Å². The average Bonchev–Trinajstić information content (AvgIpc) is 2.45. The molecule has 0 aliphatic rings. The summed E-state index contributed by atoms with van der Waals surface area (Å²) in [5.41, 5.74) is -0.866. The second-order valence-corrected chi connectivity index (χ2v) is 5.66. The summed E-state index contributed by atoms with van der Waals surface area (Å²) < 4.78 is 28.5. The first kappa shape index (κ1) is 18.6. The Kier molecular flexibility index (Phi) is 6.24. The molecule has 6 nitrogen and oxygen atoms in total. The van der Waals surface area contributed by atoms with E-state index in [-0.39, 0.29) is 17.7 Å². The number of benzene rings is 1. The monoisotopic (exact) mass is 325 g/mol. The van der Waals surface area contributed by atoms with E-state index in [1.54, 1.807) is 20.8 Å². The molecule has 0 radical (unpaired) electrons. The van der Waals surface area contributed by atoms with Gasteiger partial charge in [0, 0.05) is 6.42 Å². The first-order valence-corrected chi connectivity index (χ1v) is 6.87. The summed E-state index contributed by atoms with van der Waals surface area (Å²) >= 11 is 0. The summed E-state index contributed by atoms with van der Waals surface area (Å²) in [6.07, 6.45) is -1.17. The third-order valence-corrected chi connectivity index (χ3v) is 2.65. The molecule has 1 amide bonds. The summed E-state index contributed by atoms with van der Waals surface area (Å²) in [4.78, 5) is 27.1. The van der Waals surface area contributed by atoms with E-state index in [1.807, 2.05) is 0 Å². The highest BCUT2D eigenvalue weighted by atomic mass is 19.1. The zero-order chi connectivity index (χ0) is 17.6. The van der Waals surface area contributed by atoms with Crippen molar-refractivity contribution in [3.8, 4) is 5.75 Å². The largest absolute Gasteiger partial charge is 0.497 e. The zero-order valence-electron chi connectivity index (χ0n) is 13.8. The van der Waals surface area contributed by atoms with Gasteiger partial charge in [-0.2, -0.15) is 4.99 Å². The van der Waals surface area contributed by atoms with E-state index in [4.69, 9.17) is 9.47 Å². The minimum Gasteiger partial charge on any atom is -0.497 e. The molecule has 0 saturated heterocycles. The molecule has 0 spiro atoms. The van der Waals surface area contributed by atoms with Crippen LogP contribution in [0.25, 0.3) is 0 Å². The Morgan fingerprint density at radius 1 is 1.22 bits per heavy atom. The summed E-state index contributed by atoms with van der Waals surface area (Å²) in [5.74, 6) is -0.965. The smallest absolute Gasteiger partial charge is 0.434 e. The molecule has 23 heavy (non-hydrogen) atoms. The van der Waals surface area contributed by atoms with Crippen LogP contribution in [-0.2, 0) is 20.7 Å². The molecule has 0 aromatic heterocycles. The van der Waals surface area contributed by atoms with Crippen LogP contribution in [0, 0.1) is 5.82 Å². The minimum absolute atomic E-state index is 0.150. The number of aliphatic imine (C=N–C) groups is 1. The number of carbonyl (C=O) groups excluding carboxylic acids is 2. The van der Waals surface area contributed by atoms with Crippen LogP contribution in [0.15, 0.2) is 23.2 Å². The molecular weight excluding hydrogens is 305 g/mol. The molecule has 7 heteroatoms. The van der Waals surface area contributed by atoms with Crippen molar-refractivity contribution in [3.05, 3.63) is 29.6 Å². The Balaban J connectivity index is 3.09. The number of hydrogen-bond donors (Lipinski definition) is 0. The van der Waals surface area contributed by atoms with Gasteiger partial charge in [0.1, 0.15) is 22.9 Å². The highest BCUT2D eigenvalue weighted by Crippen LogP contribution is 2.18. The summed E-state index contributed by atoms with van der Waals surface area (Å²) in [7, 11) is 2.59. The van der Waals surface area contributed by atoms with Crippen LogP contribution in [0.4, 0.5) is 9.18 Å². The molecular formula is C16H20FNO5. The van der Waals surface area contributed by atoms with E-state index in [0.717, 1.165) is 7.11 Å². The predicted molar refractivity (Wildman–Crippen MR) is 82.3 cm³/mol. The van der Waals surface area contributed by atoms with Crippen LogP contribution in [0.5, 0.6) is 5.75 Å². The summed E-state index contributed by atoms with van der Waals surface area (Å²) in [6, 6.07) is 4.07. The standard InChI is InChI=1S/C16H20FNO5/c1-16(2,3)23-15(20)18-13(14(19)22-5)9-10-8-11(21-4)6-7-12(10)17/h6-8H,9H2,1-5H3. The van der Waals surface area contributed by atoms with Crippen molar-refractivity contribution >= 4 is 17.8 Å². The van der Waals surface area contributed by atoms with Gasteiger partial charge in [0.15, 0.2) is 0 Å². The van der Waals surface area contributed by atoms with Gasteiger partial charge >= 0.3 is 12.1 Å². The van der Waals surface area contributed by atoms with Crippen molar-refractivity contribution in [2.75, 3.05) is 14.2 Å². The molecule has 1 aromatic carbocycles. The fourth-order valence-electron chi connectivity index (χ4n) is 1.66. The molecule has 0 heterocycles. The molecule has 0 unspecified atom stereocenters. The first-order chi connectivity index (χ1) is 10.7. The number of hydrogen-bond acceptors (Lipinski definition) is 5. The molecule has 0 saturated carbocycles. The molecule has 1 rings (SSSR count). The number of nitrogens with zero attached hydrogens (tertiary/aromatic N) is 1. The van der Waals surface area contributed by atoms with Gasteiger partial charge in [0.25, 0.3) is 0 Å². The van der Waals surface area contributed by atoms with Gasteiger partial charge in [-0.25, -0.2) is 14.0 Å². The number of carbonyl (C=O) groups is 2. The van der Waals surface area contributed by atoms with E-state index in [0.29, 0.717) is 5.75 Å². The summed E-state index contributed by atoms with van der Waals surface area (Å²) in [6.45, 7) is 5.00. The van der Waals surface area contributed by atoms with Gasteiger partial charge in [0.2, 0.25) is 0 Å². The second-order valence-electron chi connectivity index (χ2n) is 5.66. The Hall–Kier alpha value is -2.44. The van der Waals surface area contributed by atoms with Gasteiger partial charge in [-0.3, -0.25) is 0 Å². The van der Waals surface area contributed by atoms with Crippen LogP contribution in [0.1, 0.15) is 26.3 Å². The quantitative estimate of drug-likeness (QED) is 0.628. The number of halogens is 1. The SMILES string of the molecule is COC(=O)C(Cc1cc(OC)ccc1F)=NC(=O)OC(C)(C)C. The Bertz CT molecular complexity index is 619. The number of rotatable bonds is 4. The van der Waals surface area contributed by atoms with Crippen LogP contribution >= 0.6 is 0 Å². The first-order valence-electron chi connectivity index (χ1n) is 6.87. The maximum Gasteiger partial charge on any atom is 0.434 e. The number of esters is 1. The number of ether oxygens (including phenoxy) is 3. The van der Waals surface area contributed by atoms with Crippen molar-refractivity contribution in [3.63, 3.8) is 0 Å². The van der Waals surface area contributed by atoms with Crippen molar-refractivity contribution in [2.24, 2.45) is 4.99 Å². The molecule has 0 fully saturated rings. The molecule has 1 aromatic rings. The van der Waals surface area contributed by atoms with Gasteiger partial charge in [-0.05, 0) is 44.5 Å². The van der Waals surface area contributed by atoms with Gasteiger partial charge < -0.3 is 14.2 Å². The van der Waals surface area contributed by atoms with Crippen LogP contribution < -0.4 is 4.74 Å². The maximum absolute atomic E-state index is 13.9. The van der Waals surface area contributed by atoms with Crippen molar-refractivity contribution in [1.29, 1.82) is 0 Å². The Morgan fingerprint density at radius 2 is 1.87 bits per heavy atom. The molecule has 0 aliphatic heterocycles. The fraction of sp³-hybridized carbons (Fsp3) is 0.438. The lowest BCUT2D eigenvalue weighted by Gasteiger charge is -2.17. The van der Waals surface area contributed by atoms with Crippen molar-refractivity contribution < 1.29 is 28.2 Å². The van der Waals surface area contributed by atoms with Gasteiger partial charge in [-0.15, -0.1) is 0 Å². The third-order valence-electron chi connectivity index (χ3n) is 2.65. The highest BCUT2D eigenvalue weighted by molar-refractivity contribution is 6.38. The average molecular weight is 325 g/mol. The Labute approximate surface area is 134 Å². The highest BCUT2D eigenvalue weighted by Gasteiger charge is 2.21. The van der Waals surface area contributed by atoms with Crippen LogP contribution in [0.2, 0.25) is 0 Å². The lowest BCUT2D eigenvalue weighted by Crippen LogP contribution is -2.25. The zero-order valence-corrected chi connectivity index (χ0v) is 13.8. The molecule has 0 bridgehead atoms. The lowest BCUT2D eigenvalue weighted by atomic mass is 10.1. The van der Waals surface area contributed by atoms with Crippen molar-refractivity contribution in [1.82, 2.24) is 0 Å². The van der Waals surface area contributed by atoms with E-state index in [9.17, 15) is 14.0 Å². The molecule has 0 atom stereocenters. The molecule has 126 valence electrons. The van der Waals surface area contributed by atoms with Gasteiger partial charge in [0.05, 0.1) is 14.2 Å². The minimum atomic E-state index is -0.943. The normalized spacial score (nSPS) is 11.8. The summed E-state index contributed by atoms with van der Waals surface area (Å²) in [5, 5.41) is 0. The van der Waals surface area contributed by atoms with Gasteiger partial charge in [-0.1, -0.05) is 0 Å². The topological polar surface area (TPSA) is 74.2 Å². The van der Waals surface area contributed by atoms with E-state index in [1.165, 1.54) is 25.3 Å². The fourth-order valence-corrected chi connectivity index (χ4v) is 1.66. The lowest BCUT2D eigenvalue weighted by molar-refractivity contribution is -0.132. The van der Waals surface area contributed by atoms with Crippen LogP contribution in [-0.4, -0.2) is 37.6 Å². The number of amides is 1. The molecule has 0 aliphatic carbocycles. The third kappa shape index (κ3) is 6.06. The second kappa shape index (κ2) is 7.71. The Morgan fingerprint density at radius 3 is 2.39 bits per heavy atom. The number of methoxy groups -OCH3 is 2. The van der Waals surface area contributed by atoms with Crippen molar-refractivity contribution in [2.45, 2.75) is 32.8 Å². The van der Waals surface area contributed by atoms with E-state index in [2.05, 4.69) is 9.73 Å². The predicted octanol–water partition coefficient (Wildman–Crippen LogP) is 2.93. The van der Waals surface area contributed by atoms with E-state index >= 15 is 0 Å². The van der Waals surface area contributed by atoms with Crippen LogP contribution in [0.3, 0.4) is 0 Å². The molecule has 0 N–H and O–H groups in total. The maximum atomic E-state index is 13.9.